The highest BCUT2D eigenvalue weighted by molar-refractivity contribution is 7.91. The molecule has 4 rings (SSSR count). The lowest BCUT2D eigenvalue weighted by Gasteiger charge is -2.10. The summed E-state index contributed by atoms with van der Waals surface area (Å²) in [6, 6.07) is 11.6. The Hall–Kier alpha value is -3.66. The van der Waals surface area contributed by atoms with Gasteiger partial charge in [-0.1, -0.05) is 0 Å². The highest BCUT2D eigenvalue weighted by Crippen LogP contribution is 2.32. The molecule has 31 heavy (non-hydrogen) atoms. The fourth-order valence-electron chi connectivity index (χ4n) is 3.08. The van der Waals surface area contributed by atoms with E-state index in [2.05, 4.69) is 15.5 Å². The Morgan fingerprint density at radius 1 is 1.19 bits per heavy atom. The normalized spacial score (nSPS) is 13.1. The standard InChI is InChI=1S/C21H22N6O3S/c1-4-27-13-17-18(24-27)11-14(21(28)23-20-9-10-26(2)25-20)12-19(17)30-15-5-7-16(8-6-15)31(3,22)29/h5-13,22H,4H2,1-3H3,(H,23,25,28). The molecule has 0 saturated carbocycles. The van der Waals surface area contributed by atoms with Crippen molar-refractivity contribution < 1.29 is 13.7 Å². The molecular formula is C21H22N6O3S. The molecule has 2 aromatic carbocycles. The number of hydrogen-bond acceptors (Lipinski definition) is 6. The van der Waals surface area contributed by atoms with Crippen LogP contribution in [0.1, 0.15) is 17.3 Å². The molecule has 1 unspecified atom stereocenters. The molecule has 160 valence electrons. The average molecular weight is 439 g/mol. The number of aromatic nitrogens is 4. The van der Waals surface area contributed by atoms with Gasteiger partial charge in [0.15, 0.2) is 5.82 Å². The van der Waals surface area contributed by atoms with Gasteiger partial charge in [-0.25, -0.2) is 8.99 Å². The number of hydrogen-bond donors (Lipinski definition) is 2. The molecule has 0 radical (unpaired) electrons. The number of anilines is 1. The lowest BCUT2D eigenvalue weighted by atomic mass is 10.1. The summed E-state index contributed by atoms with van der Waals surface area (Å²) in [6.07, 6.45) is 4.97. The average Bonchev–Trinajstić information content (AvgIpc) is 3.33. The summed E-state index contributed by atoms with van der Waals surface area (Å²) < 4.78 is 29.0. The van der Waals surface area contributed by atoms with Gasteiger partial charge in [-0.2, -0.15) is 10.2 Å². The van der Waals surface area contributed by atoms with E-state index in [9.17, 15) is 9.00 Å². The predicted octanol–water partition coefficient (Wildman–Crippen LogP) is 3.87. The van der Waals surface area contributed by atoms with Gasteiger partial charge < -0.3 is 10.1 Å². The van der Waals surface area contributed by atoms with Crippen molar-refractivity contribution in [1.82, 2.24) is 19.6 Å². The van der Waals surface area contributed by atoms with E-state index < -0.39 is 9.73 Å². The Morgan fingerprint density at radius 3 is 2.55 bits per heavy atom. The lowest BCUT2D eigenvalue weighted by molar-refractivity contribution is 0.102. The Bertz CT molecular complexity index is 1370. The summed E-state index contributed by atoms with van der Waals surface area (Å²) in [5.74, 6) is 1.09. The van der Waals surface area contributed by atoms with Crippen LogP contribution in [0.4, 0.5) is 5.82 Å². The van der Waals surface area contributed by atoms with Crippen molar-refractivity contribution >= 4 is 32.4 Å². The summed E-state index contributed by atoms with van der Waals surface area (Å²) in [6.45, 7) is 2.65. The molecule has 0 fully saturated rings. The molecule has 0 spiro atoms. The monoisotopic (exact) mass is 438 g/mol. The number of carbonyl (C=O) groups excluding carboxylic acids is 1. The van der Waals surface area contributed by atoms with Gasteiger partial charge >= 0.3 is 0 Å². The number of fused-ring (bicyclic) bond motifs is 1. The van der Waals surface area contributed by atoms with Gasteiger partial charge in [-0.3, -0.25) is 14.2 Å². The Kier molecular flexibility index (Phi) is 5.24. The van der Waals surface area contributed by atoms with Gasteiger partial charge in [0, 0.05) is 48.8 Å². The van der Waals surface area contributed by atoms with Gasteiger partial charge in [0.05, 0.1) is 20.6 Å². The van der Waals surface area contributed by atoms with Crippen molar-refractivity contribution in [3.05, 3.63) is 60.4 Å². The van der Waals surface area contributed by atoms with Gasteiger partial charge in [-0.15, -0.1) is 0 Å². The highest BCUT2D eigenvalue weighted by atomic mass is 32.2. The minimum absolute atomic E-state index is 0.327. The molecule has 10 heteroatoms. The first kappa shape index (κ1) is 20.6. The van der Waals surface area contributed by atoms with Crippen LogP contribution in [0.2, 0.25) is 0 Å². The Morgan fingerprint density at radius 2 is 1.94 bits per heavy atom. The van der Waals surface area contributed by atoms with E-state index in [0.29, 0.717) is 39.8 Å². The van der Waals surface area contributed by atoms with E-state index in [1.807, 2.05) is 13.1 Å². The second kappa shape index (κ2) is 7.88. The number of ether oxygens (including phenoxy) is 1. The number of carbonyl (C=O) groups is 1. The third kappa shape index (κ3) is 4.43. The maximum Gasteiger partial charge on any atom is 0.257 e. The van der Waals surface area contributed by atoms with Gasteiger partial charge in [0.2, 0.25) is 0 Å². The van der Waals surface area contributed by atoms with Crippen LogP contribution in [-0.4, -0.2) is 35.9 Å². The van der Waals surface area contributed by atoms with Crippen molar-refractivity contribution in [3.63, 3.8) is 0 Å². The van der Waals surface area contributed by atoms with Crippen molar-refractivity contribution in [2.45, 2.75) is 18.4 Å². The van der Waals surface area contributed by atoms with E-state index in [1.165, 1.54) is 6.26 Å². The van der Waals surface area contributed by atoms with Crippen LogP contribution < -0.4 is 10.1 Å². The molecule has 0 aliphatic rings. The fraction of sp³-hybridized carbons (Fsp3) is 0.190. The molecule has 0 aliphatic heterocycles. The molecule has 4 aromatic rings. The number of amides is 1. The second-order valence-corrected chi connectivity index (χ2v) is 9.30. The number of nitrogens with zero attached hydrogens (tertiary/aromatic N) is 4. The van der Waals surface area contributed by atoms with Crippen LogP contribution in [0, 0.1) is 4.78 Å². The van der Waals surface area contributed by atoms with Crippen LogP contribution in [0.3, 0.4) is 0 Å². The van der Waals surface area contributed by atoms with E-state index in [4.69, 9.17) is 9.52 Å². The van der Waals surface area contributed by atoms with Crippen LogP contribution in [0.15, 0.2) is 59.8 Å². The summed E-state index contributed by atoms with van der Waals surface area (Å²) >= 11 is 0. The van der Waals surface area contributed by atoms with Crippen LogP contribution >= 0.6 is 0 Å². The summed E-state index contributed by atoms with van der Waals surface area (Å²) in [4.78, 5) is 13.2. The molecule has 0 saturated heterocycles. The number of nitrogens with one attached hydrogen (secondary N) is 2. The number of benzene rings is 2. The Labute approximate surface area is 179 Å². The molecule has 1 atom stereocenters. The zero-order valence-corrected chi connectivity index (χ0v) is 18.1. The van der Waals surface area contributed by atoms with Crippen molar-refractivity contribution in [3.8, 4) is 11.5 Å². The third-order valence-corrected chi connectivity index (χ3v) is 5.85. The van der Waals surface area contributed by atoms with E-state index in [1.54, 1.807) is 65.1 Å². The van der Waals surface area contributed by atoms with Gasteiger partial charge in [0.1, 0.15) is 11.5 Å². The number of rotatable bonds is 6. The van der Waals surface area contributed by atoms with Crippen molar-refractivity contribution in [2.75, 3.05) is 11.6 Å². The molecule has 1 amide bonds. The van der Waals surface area contributed by atoms with Crippen molar-refractivity contribution in [2.24, 2.45) is 7.05 Å². The first-order valence-corrected chi connectivity index (χ1v) is 11.5. The SMILES string of the molecule is CCn1cc2c(Oc3ccc(S(C)(=N)=O)cc3)cc(C(=O)Nc3ccn(C)n3)cc2n1. The predicted molar refractivity (Wildman–Crippen MR) is 118 cm³/mol. The highest BCUT2D eigenvalue weighted by Gasteiger charge is 2.16. The zero-order valence-electron chi connectivity index (χ0n) is 17.3. The molecule has 0 bridgehead atoms. The first-order valence-electron chi connectivity index (χ1n) is 9.57. The smallest absolute Gasteiger partial charge is 0.257 e. The summed E-state index contributed by atoms with van der Waals surface area (Å²) in [5.41, 5.74) is 1.01. The molecule has 2 heterocycles. The third-order valence-electron chi connectivity index (χ3n) is 4.68. The quantitative estimate of drug-likeness (QED) is 0.474. The maximum absolute atomic E-state index is 12.8. The van der Waals surface area contributed by atoms with Gasteiger partial charge in [-0.05, 0) is 43.3 Å². The number of aryl methyl sites for hydroxylation is 2. The Balaban J connectivity index is 1.70. The van der Waals surface area contributed by atoms with Crippen LogP contribution in [0.25, 0.3) is 10.9 Å². The van der Waals surface area contributed by atoms with Crippen LogP contribution in [-0.2, 0) is 23.3 Å². The summed E-state index contributed by atoms with van der Waals surface area (Å²) in [7, 11) is -1.03. The summed E-state index contributed by atoms with van der Waals surface area (Å²) in [5, 5.41) is 12.2. The van der Waals surface area contributed by atoms with Gasteiger partial charge in [0.25, 0.3) is 5.91 Å². The molecule has 2 N–H and O–H groups in total. The molecule has 2 aromatic heterocycles. The molecule has 9 nitrogen and oxygen atoms in total. The fourth-order valence-corrected chi connectivity index (χ4v) is 3.74. The minimum Gasteiger partial charge on any atom is -0.457 e. The lowest BCUT2D eigenvalue weighted by Crippen LogP contribution is -2.12. The first-order chi connectivity index (χ1) is 14.7. The zero-order chi connectivity index (χ0) is 22.2. The van der Waals surface area contributed by atoms with Crippen LogP contribution in [0.5, 0.6) is 11.5 Å². The van der Waals surface area contributed by atoms with E-state index in [-0.39, 0.29) is 5.91 Å². The van der Waals surface area contributed by atoms with Crippen molar-refractivity contribution in [1.29, 1.82) is 4.78 Å². The van der Waals surface area contributed by atoms with E-state index >= 15 is 0 Å². The molecular weight excluding hydrogens is 416 g/mol. The largest absolute Gasteiger partial charge is 0.457 e. The minimum atomic E-state index is -2.80. The topological polar surface area (TPSA) is 115 Å². The molecule has 0 aliphatic carbocycles. The second-order valence-electron chi connectivity index (χ2n) is 7.14. The maximum atomic E-state index is 12.8. The van der Waals surface area contributed by atoms with E-state index in [0.717, 1.165) is 5.39 Å².